The number of nitrogens with one attached hydrogen (secondary N) is 1. The smallest absolute Gasteiger partial charge is 0.262 e. The molecule has 0 fully saturated rings. The Morgan fingerprint density at radius 1 is 1.04 bits per heavy atom. The van der Waals surface area contributed by atoms with Crippen LogP contribution in [0.2, 0.25) is 0 Å². The first-order chi connectivity index (χ1) is 13.2. The van der Waals surface area contributed by atoms with E-state index in [2.05, 4.69) is 11.4 Å². The molecule has 2 heterocycles. The second-order valence-electron chi connectivity index (χ2n) is 6.71. The van der Waals surface area contributed by atoms with Crippen molar-refractivity contribution in [2.75, 3.05) is 16.8 Å². The average Bonchev–Trinajstić information content (AvgIpc) is 3.17. The first kappa shape index (κ1) is 15.9. The van der Waals surface area contributed by atoms with E-state index in [-0.39, 0.29) is 17.9 Å². The number of para-hydroxylation sites is 1. The third-order valence-electron chi connectivity index (χ3n) is 5.06. The number of anilines is 2. The fraction of sp³-hybridized carbons (Fsp3) is 0.136. The lowest BCUT2D eigenvalue weighted by atomic mass is 10.0. The van der Waals surface area contributed by atoms with Crippen LogP contribution in [0.5, 0.6) is 5.75 Å². The van der Waals surface area contributed by atoms with E-state index in [4.69, 9.17) is 4.74 Å². The topological polar surface area (TPSA) is 41.6 Å². The van der Waals surface area contributed by atoms with Crippen molar-refractivity contribution in [2.24, 2.45) is 0 Å². The molecule has 2 aliphatic rings. The molecule has 3 aromatic carbocycles. The van der Waals surface area contributed by atoms with Gasteiger partial charge in [-0.1, -0.05) is 18.2 Å². The van der Waals surface area contributed by atoms with Crippen LogP contribution in [0.4, 0.5) is 15.8 Å². The highest BCUT2D eigenvalue weighted by Crippen LogP contribution is 2.38. The summed E-state index contributed by atoms with van der Waals surface area (Å²) in [6.45, 7) is 0.681. The van der Waals surface area contributed by atoms with Crippen LogP contribution in [0.25, 0.3) is 0 Å². The summed E-state index contributed by atoms with van der Waals surface area (Å²) in [5, 5.41) is 3.47. The molecule has 27 heavy (non-hydrogen) atoms. The van der Waals surface area contributed by atoms with E-state index in [0.717, 1.165) is 29.0 Å². The van der Waals surface area contributed by atoms with Crippen molar-refractivity contribution in [1.82, 2.24) is 0 Å². The van der Waals surface area contributed by atoms with Gasteiger partial charge in [0, 0.05) is 17.8 Å². The van der Waals surface area contributed by atoms with Gasteiger partial charge in [0.25, 0.3) is 5.91 Å². The van der Waals surface area contributed by atoms with Crippen molar-refractivity contribution in [3.8, 4) is 5.75 Å². The Bertz CT molecular complexity index is 1030. The minimum absolute atomic E-state index is 0.113. The van der Waals surface area contributed by atoms with Crippen molar-refractivity contribution >= 4 is 17.3 Å². The maximum atomic E-state index is 13.4. The zero-order chi connectivity index (χ0) is 18.4. The van der Waals surface area contributed by atoms with Crippen molar-refractivity contribution < 1.29 is 13.9 Å². The normalized spacial score (nSPS) is 17.7. The summed E-state index contributed by atoms with van der Waals surface area (Å²) < 4.78 is 19.0. The van der Waals surface area contributed by atoms with Gasteiger partial charge in [0.2, 0.25) is 0 Å². The molecule has 0 spiro atoms. The van der Waals surface area contributed by atoms with Gasteiger partial charge in [-0.2, -0.15) is 0 Å². The Morgan fingerprint density at radius 2 is 1.85 bits per heavy atom. The number of benzene rings is 3. The minimum atomic E-state index is -0.385. The number of amides is 1. The Kier molecular flexibility index (Phi) is 3.60. The molecule has 1 unspecified atom stereocenters. The van der Waals surface area contributed by atoms with E-state index >= 15 is 0 Å². The molecule has 134 valence electrons. The molecule has 2 aliphatic heterocycles. The van der Waals surface area contributed by atoms with Crippen molar-refractivity contribution in [1.29, 1.82) is 0 Å². The Balaban J connectivity index is 1.64. The number of halogens is 1. The predicted octanol–water partition coefficient (Wildman–Crippen LogP) is 4.53. The number of carbonyl (C=O) groups is 1. The molecule has 1 N–H and O–H groups in total. The van der Waals surface area contributed by atoms with Gasteiger partial charge in [-0.3, -0.25) is 9.69 Å². The first-order valence-electron chi connectivity index (χ1n) is 8.91. The zero-order valence-electron chi connectivity index (χ0n) is 14.5. The summed E-state index contributed by atoms with van der Waals surface area (Å²) in [5.41, 5.74) is 4.14. The average molecular weight is 360 g/mol. The Labute approximate surface area is 156 Å². The van der Waals surface area contributed by atoms with Crippen LogP contribution in [0.15, 0.2) is 66.7 Å². The van der Waals surface area contributed by atoms with Gasteiger partial charge in [-0.05, 0) is 59.7 Å². The largest absolute Gasteiger partial charge is 0.493 e. The van der Waals surface area contributed by atoms with Crippen LogP contribution >= 0.6 is 0 Å². The molecule has 0 saturated heterocycles. The Hall–Kier alpha value is -3.34. The van der Waals surface area contributed by atoms with E-state index in [9.17, 15) is 9.18 Å². The van der Waals surface area contributed by atoms with Crippen molar-refractivity contribution in [3.05, 3.63) is 89.2 Å². The summed E-state index contributed by atoms with van der Waals surface area (Å²) in [4.78, 5) is 15.0. The highest BCUT2D eigenvalue weighted by Gasteiger charge is 2.34. The van der Waals surface area contributed by atoms with Crippen LogP contribution in [-0.2, 0) is 6.42 Å². The number of hydrogen-bond acceptors (Lipinski definition) is 3. The number of nitrogens with zero attached hydrogens (tertiary/aromatic N) is 1. The SMILES string of the molecule is O=C1c2ccccc2NC(c2ccc3c(c2)CCO3)N1c1ccc(F)cc1. The van der Waals surface area contributed by atoms with Gasteiger partial charge in [0.05, 0.1) is 12.2 Å². The highest BCUT2D eigenvalue weighted by atomic mass is 19.1. The molecule has 3 aromatic rings. The molecule has 0 bridgehead atoms. The monoisotopic (exact) mass is 360 g/mol. The number of rotatable bonds is 2. The van der Waals surface area contributed by atoms with Gasteiger partial charge in [-0.15, -0.1) is 0 Å². The van der Waals surface area contributed by atoms with Gasteiger partial charge >= 0.3 is 0 Å². The molecule has 5 rings (SSSR count). The summed E-state index contributed by atoms with van der Waals surface area (Å²) in [6, 6.07) is 19.5. The lowest BCUT2D eigenvalue weighted by molar-refractivity contribution is 0.0975. The maximum absolute atomic E-state index is 13.4. The van der Waals surface area contributed by atoms with Crippen LogP contribution in [0, 0.1) is 5.82 Å². The molecular formula is C22H17FN2O2. The quantitative estimate of drug-likeness (QED) is 0.730. The molecule has 0 aromatic heterocycles. The summed E-state index contributed by atoms with van der Waals surface area (Å²) in [6.07, 6.45) is 0.473. The van der Waals surface area contributed by atoms with Gasteiger partial charge in [0.15, 0.2) is 0 Å². The number of hydrogen-bond donors (Lipinski definition) is 1. The third kappa shape index (κ3) is 2.63. The van der Waals surface area contributed by atoms with Crippen LogP contribution in [0.1, 0.15) is 27.7 Å². The lowest BCUT2D eigenvalue weighted by Crippen LogP contribution is -2.43. The molecule has 0 aliphatic carbocycles. The summed E-state index contributed by atoms with van der Waals surface area (Å²) in [5.74, 6) is 0.454. The maximum Gasteiger partial charge on any atom is 0.262 e. The molecule has 1 amide bonds. The molecule has 1 atom stereocenters. The van der Waals surface area contributed by atoms with Crippen LogP contribution in [-0.4, -0.2) is 12.5 Å². The minimum Gasteiger partial charge on any atom is -0.493 e. The number of fused-ring (bicyclic) bond motifs is 2. The molecular weight excluding hydrogens is 343 g/mol. The lowest BCUT2D eigenvalue weighted by Gasteiger charge is -2.38. The fourth-order valence-electron chi connectivity index (χ4n) is 3.73. The molecule has 0 saturated carbocycles. The third-order valence-corrected chi connectivity index (χ3v) is 5.06. The standard InChI is InChI=1S/C22H17FN2O2/c23-16-6-8-17(9-7-16)25-21(15-5-10-20-14(13-15)11-12-27-20)24-19-4-2-1-3-18(19)22(25)26/h1-10,13,21,24H,11-12H2. The molecule has 5 heteroatoms. The second-order valence-corrected chi connectivity index (χ2v) is 6.71. The second kappa shape index (κ2) is 6.13. The zero-order valence-corrected chi connectivity index (χ0v) is 14.5. The molecule has 4 nitrogen and oxygen atoms in total. The van der Waals surface area contributed by atoms with E-state index < -0.39 is 0 Å². The van der Waals surface area contributed by atoms with Gasteiger partial charge < -0.3 is 10.1 Å². The first-order valence-corrected chi connectivity index (χ1v) is 8.91. The van der Waals surface area contributed by atoms with E-state index in [0.29, 0.717) is 17.9 Å². The summed E-state index contributed by atoms with van der Waals surface area (Å²) in [7, 11) is 0. The highest BCUT2D eigenvalue weighted by molar-refractivity contribution is 6.12. The number of carbonyl (C=O) groups excluding carboxylic acids is 1. The predicted molar refractivity (Wildman–Crippen MR) is 102 cm³/mol. The van der Waals surface area contributed by atoms with E-state index in [1.807, 2.05) is 30.3 Å². The van der Waals surface area contributed by atoms with Gasteiger partial charge in [0.1, 0.15) is 17.7 Å². The van der Waals surface area contributed by atoms with E-state index in [1.165, 1.54) is 12.1 Å². The summed E-state index contributed by atoms with van der Waals surface area (Å²) >= 11 is 0. The van der Waals surface area contributed by atoms with Crippen LogP contribution in [0.3, 0.4) is 0 Å². The molecule has 0 radical (unpaired) electrons. The van der Waals surface area contributed by atoms with Crippen molar-refractivity contribution in [3.63, 3.8) is 0 Å². The van der Waals surface area contributed by atoms with Gasteiger partial charge in [-0.25, -0.2) is 4.39 Å². The van der Waals surface area contributed by atoms with Crippen molar-refractivity contribution in [2.45, 2.75) is 12.6 Å². The fourth-order valence-corrected chi connectivity index (χ4v) is 3.73. The van der Waals surface area contributed by atoms with E-state index in [1.54, 1.807) is 23.1 Å². The number of ether oxygens (including phenoxy) is 1. The van der Waals surface area contributed by atoms with Crippen LogP contribution < -0.4 is 15.0 Å². The Morgan fingerprint density at radius 3 is 2.70 bits per heavy atom.